The Morgan fingerprint density at radius 2 is 1.61 bits per heavy atom. The Bertz CT molecular complexity index is 513. The van der Waals surface area contributed by atoms with Crippen LogP contribution < -0.4 is 5.32 Å². The second-order valence-corrected chi connectivity index (χ2v) is 12.4. The molecule has 3 aliphatic rings. The van der Waals surface area contributed by atoms with Crippen LogP contribution in [0, 0.1) is 16.7 Å². The highest BCUT2D eigenvalue weighted by molar-refractivity contribution is 4.95. The maximum Gasteiger partial charge on any atom is 0.0121 e. The van der Waals surface area contributed by atoms with Gasteiger partial charge in [0, 0.05) is 51.4 Å². The SMILES string of the molecule is CCC(C)(CCNCC1(CC(C)C)CC1)CN1CCC(N2CCN(C(C)C)CC2)CC1. The van der Waals surface area contributed by atoms with E-state index in [-0.39, 0.29) is 0 Å². The minimum atomic E-state index is 0.456. The summed E-state index contributed by atoms with van der Waals surface area (Å²) in [4.78, 5) is 8.22. The molecule has 0 amide bonds. The molecule has 1 aliphatic carbocycles. The monoisotopic (exact) mass is 434 g/mol. The average molecular weight is 435 g/mol. The molecule has 0 aromatic carbocycles. The third-order valence-electron chi connectivity index (χ3n) is 8.82. The first kappa shape index (κ1) is 25.5. The van der Waals surface area contributed by atoms with Crippen LogP contribution in [-0.2, 0) is 0 Å². The molecule has 1 atom stereocenters. The number of rotatable bonds is 12. The van der Waals surface area contributed by atoms with E-state index in [1.54, 1.807) is 0 Å². The van der Waals surface area contributed by atoms with Crippen LogP contribution in [0.4, 0.5) is 0 Å². The van der Waals surface area contributed by atoms with Crippen LogP contribution in [0.15, 0.2) is 0 Å². The summed E-state index contributed by atoms with van der Waals surface area (Å²) in [6, 6.07) is 1.53. The second-order valence-electron chi connectivity index (χ2n) is 12.4. The summed E-state index contributed by atoms with van der Waals surface area (Å²) in [5.74, 6) is 0.840. The van der Waals surface area contributed by atoms with Crippen molar-refractivity contribution in [3.63, 3.8) is 0 Å². The third-order valence-corrected chi connectivity index (χ3v) is 8.82. The maximum atomic E-state index is 3.85. The predicted molar refractivity (Wildman–Crippen MR) is 135 cm³/mol. The molecule has 0 aromatic rings. The highest BCUT2D eigenvalue weighted by atomic mass is 15.3. The van der Waals surface area contributed by atoms with Gasteiger partial charge in [-0.3, -0.25) is 9.80 Å². The molecular weight excluding hydrogens is 380 g/mol. The molecule has 1 N–H and O–H groups in total. The smallest absolute Gasteiger partial charge is 0.0121 e. The van der Waals surface area contributed by atoms with Gasteiger partial charge in [-0.15, -0.1) is 0 Å². The molecule has 0 radical (unpaired) electrons. The zero-order chi connectivity index (χ0) is 22.5. The van der Waals surface area contributed by atoms with E-state index < -0.39 is 0 Å². The molecule has 0 spiro atoms. The van der Waals surface area contributed by atoms with Crippen LogP contribution in [0.5, 0.6) is 0 Å². The average Bonchev–Trinajstić information content (AvgIpc) is 3.50. The molecule has 4 nitrogen and oxygen atoms in total. The van der Waals surface area contributed by atoms with Gasteiger partial charge < -0.3 is 10.2 Å². The van der Waals surface area contributed by atoms with Crippen molar-refractivity contribution in [1.29, 1.82) is 0 Å². The van der Waals surface area contributed by atoms with Crippen molar-refractivity contribution in [2.75, 3.05) is 58.9 Å². The Morgan fingerprint density at radius 3 is 2.13 bits per heavy atom. The van der Waals surface area contributed by atoms with Crippen LogP contribution >= 0.6 is 0 Å². The molecule has 1 saturated carbocycles. The van der Waals surface area contributed by atoms with Crippen LogP contribution in [0.25, 0.3) is 0 Å². The van der Waals surface area contributed by atoms with Gasteiger partial charge in [-0.05, 0) is 95.2 Å². The summed E-state index contributed by atoms with van der Waals surface area (Å²) in [6.45, 7) is 25.8. The van der Waals surface area contributed by atoms with Crippen LogP contribution in [0.1, 0.15) is 86.5 Å². The first-order valence-corrected chi connectivity index (χ1v) is 13.7. The molecular formula is C27H54N4. The lowest BCUT2D eigenvalue weighted by atomic mass is 9.82. The van der Waals surface area contributed by atoms with Gasteiger partial charge in [-0.2, -0.15) is 0 Å². The number of hydrogen-bond acceptors (Lipinski definition) is 4. The Hall–Kier alpha value is -0.160. The van der Waals surface area contributed by atoms with Crippen molar-refractivity contribution in [2.45, 2.75) is 98.6 Å². The molecule has 0 aromatic heterocycles. The zero-order valence-electron chi connectivity index (χ0n) is 21.9. The number of piperidine rings is 1. The molecule has 3 rings (SSSR count). The fraction of sp³-hybridized carbons (Fsp3) is 1.00. The summed E-state index contributed by atoms with van der Waals surface area (Å²) in [6.07, 6.45) is 9.66. The van der Waals surface area contributed by atoms with Gasteiger partial charge in [0.05, 0.1) is 0 Å². The van der Waals surface area contributed by atoms with Gasteiger partial charge in [-0.1, -0.05) is 27.7 Å². The molecule has 2 heterocycles. The Labute approximate surface area is 194 Å². The van der Waals surface area contributed by atoms with Crippen molar-refractivity contribution in [1.82, 2.24) is 20.0 Å². The standard InChI is InChI=1S/C27H54N4/c1-7-26(6,12-13-28-21-27(10-11-27)20-23(2)3)22-29-14-8-25(9-15-29)31-18-16-30(17-19-31)24(4)5/h23-25,28H,7-22H2,1-6H3. The van der Waals surface area contributed by atoms with E-state index >= 15 is 0 Å². The minimum absolute atomic E-state index is 0.456. The fourth-order valence-electron chi connectivity index (χ4n) is 6.21. The molecule has 4 heteroatoms. The molecule has 2 saturated heterocycles. The number of nitrogens with one attached hydrogen (secondary N) is 1. The van der Waals surface area contributed by atoms with E-state index in [9.17, 15) is 0 Å². The number of piperazine rings is 1. The maximum absolute atomic E-state index is 3.85. The zero-order valence-corrected chi connectivity index (χ0v) is 21.9. The van der Waals surface area contributed by atoms with Crippen molar-refractivity contribution >= 4 is 0 Å². The van der Waals surface area contributed by atoms with Gasteiger partial charge in [0.25, 0.3) is 0 Å². The first-order valence-electron chi connectivity index (χ1n) is 13.7. The summed E-state index contributed by atoms with van der Waals surface area (Å²) < 4.78 is 0. The van der Waals surface area contributed by atoms with E-state index in [2.05, 4.69) is 61.6 Å². The van der Waals surface area contributed by atoms with E-state index in [1.807, 2.05) is 0 Å². The Morgan fingerprint density at radius 1 is 0.968 bits per heavy atom. The molecule has 0 bridgehead atoms. The number of nitrogens with zero attached hydrogens (tertiary/aromatic N) is 3. The lowest BCUT2D eigenvalue weighted by Crippen LogP contribution is -2.55. The lowest BCUT2D eigenvalue weighted by Gasteiger charge is -2.45. The number of likely N-dealkylation sites (tertiary alicyclic amines) is 1. The van der Waals surface area contributed by atoms with Crippen molar-refractivity contribution in [3.8, 4) is 0 Å². The normalized spacial score (nSPS) is 25.9. The minimum Gasteiger partial charge on any atom is -0.316 e. The van der Waals surface area contributed by atoms with Crippen LogP contribution in [-0.4, -0.2) is 85.7 Å². The van der Waals surface area contributed by atoms with E-state index in [0.29, 0.717) is 16.9 Å². The summed E-state index contributed by atoms with van der Waals surface area (Å²) >= 11 is 0. The van der Waals surface area contributed by atoms with Crippen molar-refractivity contribution in [2.24, 2.45) is 16.7 Å². The van der Waals surface area contributed by atoms with Crippen LogP contribution in [0.3, 0.4) is 0 Å². The largest absolute Gasteiger partial charge is 0.316 e. The molecule has 1 unspecified atom stereocenters. The molecule has 182 valence electrons. The molecule has 2 aliphatic heterocycles. The summed E-state index contributed by atoms with van der Waals surface area (Å²) in [7, 11) is 0. The van der Waals surface area contributed by atoms with Crippen LogP contribution in [0.2, 0.25) is 0 Å². The highest BCUT2D eigenvalue weighted by Crippen LogP contribution is 2.50. The van der Waals surface area contributed by atoms with Gasteiger partial charge in [0.1, 0.15) is 0 Å². The quantitative estimate of drug-likeness (QED) is 0.449. The van der Waals surface area contributed by atoms with Gasteiger partial charge >= 0.3 is 0 Å². The fourth-order valence-corrected chi connectivity index (χ4v) is 6.21. The highest BCUT2D eigenvalue weighted by Gasteiger charge is 2.42. The number of hydrogen-bond donors (Lipinski definition) is 1. The third kappa shape index (κ3) is 7.69. The Balaban J connectivity index is 1.34. The summed E-state index contributed by atoms with van der Waals surface area (Å²) in [5.41, 5.74) is 1.11. The Kier molecular flexibility index (Phi) is 9.29. The van der Waals surface area contributed by atoms with E-state index in [4.69, 9.17) is 0 Å². The predicted octanol–water partition coefficient (Wildman–Crippen LogP) is 4.70. The van der Waals surface area contributed by atoms with E-state index in [1.165, 1.54) is 104 Å². The lowest BCUT2D eigenvalue weighted by molar-refractivity contribution is 0.0378. The first-order chi connectivity index (χ1) is 14.7. The topological polar surface area (TPSA) is 21.8 Å². The van der Waals surface area contributed by atoms with Crippen molar-refractivity contribution in [3.05, 3.63) is 0 Å². The van der Waals surface area contributed by atoms with Gasteiger partial charge in [0.2, 0.25) is 0 Å². The molecule has 31 heavy (non-hydrogen) atoms. The van der Waals surface area contributed by atoms with E-state index in [0.717, 1.165) is 12.0 Å². The van der Waals surface area contributed by atoms with Gasteiger partial charge in [0.15, 0.2) is 0 Å². The second kappa shape index (κ2) is 11.3. The van der Waals surface area contributed by atoms with Crippen molar-refractivity contribution < 1.29 is 0 Å². The molecule has 3 fully saturated rings. The summed E-state index contributed by atoms with van der Waals surface area (Å²) in [5, 5.41) is 3.85. The van der Waals surface area contributed by atoms with Gasteiger partial charge in [-0.25, -0.2) is 0 Å².